The summed E-state index contributed by atoms with van der Waals surface area (Å²) in [7, 11) is 0. The fraction of sp³-hybridized carbons (Fsp3) is 0.286. The Morgan fingerprint density at radius 1 is 1.00 bits per heavy atom. The van der Waals surface area contributed by atoms with Gasteiger partial charge in [-0.15, -0.1) is 0 Å². The van der Waals surface area contributed by atoms with Gasteiger partial charge in [0.05, 0.1) is 11.4 Å². The standard InChI is InChI=1S/C21H19NO5/c23-20-14-5-1-2-6-15(14)27-21(24)18(20)19(22-9-3-4-10-22)13-7-8-16-17(11-13)26-12-25-16/h1-2,5-8,11,19,23H,3-4,9-10,12H2/t19-/m0/s1. The molecule has 6 nitrogen and oxygen atoms in total. The molecule has 1 atom stereocenters. The molecule has 0 radical (unpaired) electrons. The number of fused-ring (bicyclic) bond motifs is 2. The molecule has 1 saturated heterocycles. The lowest BCUT2D eigenvalue weighted by molar-refractivity contribution is 0.174. The fourth-order valence-electron chi connectivity index (χ4n) is 4.03. The van der Waals surface area contributed by atoms with E-state index < -0.39 is 11.7 Å². The highest BCUT2D eigenvalue weighted by Crippen LogP contribution is 2.41. The van der Waals surface area contributed by atoms with Crippen LogP contribution in [-0.2, 0) is 0 Å². The molecule has 1 N–H and O–H groups in total. The van der Waals surface area contributed by atoms with E-state index in [4.69, 9.17) is 13.9 Å². The van der Waals surface area contributed by atoms with Gasteiger partial charge in [-0.3, -0.25) is 4.90 Å². The predicted molar refractivity (Wildman–Crippen MR) is 99.4 cm³/mol. The maximum Gasteiger partial charge on any atom is 0.345 e. The minimum atomic E-state index is -0.513. The van der Waals surface area contributed by atoms with E-state index in [9.17, 15) is 9.90 Å². The molecule has 1 fully saturated rings. The number of aromatic hydroxyl groups is 1. The average Bonchev–Trinajstić information content (AvgIpc) is 3.36. The maximum atomic E-state index is 12.8. The fourth-order valence-corrected chi connectivity index (χ4v) is 4.03. The van der Waals surface area contributed by atoms with Gasteiger partial charge in [-0.1, -0.05) is 18.2 Å². The average molecular weight is 365 g/mol. The van der Waals surface area contributed by atoms with Crippen molar-refractivity contribution in [3.63, 3.8) is 0 Å². The largest absolute Gasteiger partial charge is 0.507 e. The first-order valence-corrected chi connectivity index (χ1v) is 9.10. The second-order valence-electron chi connectivity index (χ2n) is 6.91. The first kappa shape index (κ1) is 16.2. The molecule has 0 unspecified atom stereocenters. The molecule has 2 aromatic carbocycles. The van der Waals surface area contributed by atoms with Gasteiger partial charge in [-0.25, -0.2) is 4.79 Å². The molecule has 0 amide bonds. The zero-order valence-corrected chi connectivity index (χ0v) is 14.7. The van der Waals surface area contributed by atoms with Gasteiger partial charge in [0.2, 0.25) is 6.79 Å². The monoisotopic (exact) mass is 365 g/mol. The van der Waals surface area contributed by atoms with Gasteiger partial charge in [-0.2, -0.15) is 0 Å². The Bertz CT molecular complexity index is 1070. The van der Waals surface area contributed by atoms with Gasteiger partial charge in [0.25, 0.3) is 0 Å². The Kier molecular flexibility index (Phi) is 3.79. The summed E-state index contributed by atoms with van der Waals surface area (Å²) < 4.78 is 16.4. The van der Waals surface area contributed by atoms with E-state index in [-0.39, 0.29) is 18.1 Å². The molecule has 0 spiro atoms. The summed E-state index contributed by atoms with van der Waals surface area (Å²) in [5.41, 5.74) is 1.02. The van der Waals surface area contributed by atoms with Crippen molar-refractivity contribution in [1.29, 1.82) is 0 Å². The number of rotatable bonds is 3. The Morgan fingerprint density at radius 2 is 1.78 bits per heavy atom. The van der Waals surface area contributed by atoms with Crippen molar-refractivity contribution in [2.45, 2.75) is 18.9 Å². The lowest BCUT2D eigenvalue weighted by Gasteiger charge is -2.28. The predicted octanol–water partition coefficient (Wildman–Crippen LogP) is 3.41. The molecular weight excluding hydrogens is 346 g/mol. The van der Waals surface area contributed by atoms with Crippen LogP contribution in [0.15, 0.2) is 51.7 Å². The number of hydrogen-bond acceptors (Lipinski definition) is 6. The van der Waals surface area contributed by atoms with Gasteiger partial charge >= 0.3 is 5.63 Å². The number of hydrogen-bond donors (Lipinski definition) is 1. The smallest absolute Gasteiger partial charge is 0.345 e. The van der Waals surface area contributed by atoms with Gasteiger partial charge in [-0.05, 0) is 55.8 Å². The Labute approximate surface area is 155 Å². The lowest BCUT2D eigenvalue weighted by atomic mass is 9.96. The van der Waals surface area contributed by atoms with E-state index in [0.29, 0.717) is 22.5 Å². The number of ether oxygens (including phenoxy) is 2. The molecule has 3 heterocycles. The third-order valence-electron chi connectivity index (χ3n) is 5.31. The van der Waals surface area contributed by atoms with Gasteiger partial charge in [0.15, 0.2) is 11.5 Å². The van der Waals surface area contributed by atoms with Gasteiger partial charge in [0.1, 0.15) is 16.9 Å². The van der Waals surface area contributed by atoms with Crippen molar-refractivity contribution in [3.05, 3.63) is 64.0 Å². The topological polar surface area (TPSA) is 72.1 Å². The highest BCUT2D eigenvalue weighted by atomic mass is 16.7. The highest BCUT2D eigenvalue weighted by molar-refractivity contribution is 5.84. The van der Waals surface area contributed by atoms with Crippen LogP contribution >= 0.6 is 0 Å². The normalized spacial score (nSPS) is 17.5. The van der Waals surface area contributed by atoms with Crippen molar-refractivity contribution in [1.82, 2.24) is 4.90 Å². The van der Waals surface area contributed by atoms with E-state index in [1.165, 1.54) is 0 Å². The SMILES string of the molecule is O=c1oc2ccccc2c(O)c1[C@H](c1ccc2c(c1)OCO2)N1CCCC1. The summed E-state index contributed by atoms with van der Waals surface area (Å²) in [5, 5.41) is 11.5. The second kappa shape index (κ2) is 6.32. The van der Waals surface area contributed by atoms with Crippen LogP contribution in [0.2, 0.25) is 0 Å². The highest BCUT2D eigenvalue weighted by Gasteiger charge is 2.32. The summed E-state index contributed by atoms with van der Waals surface area (Å²) in [6, 6.07) is 12.3. The second-order valence-corrected chi connectivity index (χ2v) is 6.91. The zero-order chi connectivity index (χ0) is 18.4. The molecule has 2 aliphatic heterocycles. The van der Waals surface area contributed by atoms with E-state index in [2.05, 4.69) is 4.90 Å². The summed E-state index contributed by atoms with van der Waals surface area (Å²) in [5.74, 6) is 1.33. The maximum absolute atomic E-state index is 12.8. The van der Waals surface area contributed by atoms with Crippen molar-refractivity contribution in [2.24, 2.45) is 0 Å². The van der Waals surface area contributed by atoms with Crippen molar-refractivity contribution in [3.8, 4) is 17.2 Å². The van der Waals surface area contributed by atoms with Crippen LogP contribution in [-0.4, -0.2) is 29.9 Å². The molecule has 1 aromatic heterocycles. The number of likely N-dealkylation sites (tertiary alicyclic amines) is 1. The lowest BCUT2D eigenvalue weighted by Crippen LogP contribution is -2.30. The van der Waals surface area contributed by atoms with E-state index in [1.807, 2.05) is 24.3 Å². The molecule has 0 bridgehead atoms. The van der Waals surface area contributed by atoms with Crippen LogP contribution in [0, 0.1) is 0 Å². The summed E-state index contributed by atoms with van der Waals surface area (Å²) in [6.45, 7) is 1.90. The van der Waals surface area contributed by atoms with Crippen LogP contribution in [0.3, 0.4) is 0 Å². The van der Waals surface area contributed by atoms with Crippen LogP contribution in [0.1, 0.15) is 30.0 Å². The van der Waals surface area contributed by atoms with Crippen molar-refractivity contribution < 1.29 is 19.0 Å². The van der Waals surface area contributed by atoms with Crippen LogP contribution in [0.4, 0.5) is 0 Å². The van der Waals surface area contributed by atoms with Crippen molar-refractivity contribution in [2.75, 3.05) is 19.9 Å². The van der Waals surface area contributed by atoms with Gasteiger partial charge < -0.3 is 19.0 Å². The molecule has 27 heavy (non-hydrogen) atoms. The minimum absolute atomic E-state index is 0.0172. The first-order valence-electron chi connectivity index (χ1n) is 9.10. The minimum Gasteiger partial charge on any atom is -0.507 e. The van der Waals surface area contributed by atoms with Crippen LogP contribution in [0.5, 0.6) is 17.2 Å². The Morgan fingerprint density at radius 3 is 2.63 bits per heavy atom. The molecule has 2 aliphatic rings. The molecule has 6 heteroatoms. The third-order valence-corrected chi connectivity index (χ3v) is 5.31. The van der Waals surface area contributed by atoms with Gasteiger partial charge in [0, 0.05) is 0 Å². The number of nitrogens with zero attached hydrogens (tertiary/aromatic N) is 1. The van der Waals surface area contributed by atoms with E-state index >= 15 is 0 Å². The summed E-state index contributed by atoms with van der Waals surface area (Å²) in [4.78, 5) is 15.1. The molecular formula is C21H19NO5. The Balaban J connectivity index is 1.72. The Hall–Kier alpha value is -2.99. The molecule has 0 saturated carbocycles. The third kappa shape index (κ3) is 2.64. The van der Waals surface area contributed by atoms with E-state index in [1.54, 1.807) is 18.2 Å². The molecule has 138 valence electrons. The van der Waals surface area contributed by atoms with E-state index in [0.717, 1.165) is 31.5 Å². The zero-order valence-electron chi connectivity index (χ0n) is 14.7. The molecule has 5 rings (SSSR count). The van der Waals surface area contributed by atoms with Crippen molar-refractivity contribution >= 4 is 11.0 Å². The van der Waals surface area contributed by atoms with Crippen LogP contribution < -0.4 is 15.1 Å². The summed E-state index contributed by atoms with van der Waals surface area (Å²) in [6.07, 6.45) is 2.11. The number of para-hydroxylation sites is 1. The van der Waals surface area contributed by atoms with Crippen LogP contribution in [0.25, 0.3) is 11.0 Å². The molecule has 0 aliphatic carbocycles. The number of benzene rings is 2. The summed E-state index contributed by atoms with van der Waals surface area (Å²) >= 11 is 0. The quantitative estimate of drug-likeness (QED) is 0.717. The first-order chi connectivity index (χ1) is 13.2. The molecule has 3 aromatic rings.